The summed E-state index contributed by atoms with van der Waals surface area (Å²) in [7, 11) is 1.63. The second-order valence-electron chi connectivity index (χ2n) is 3.55. The van der Waals surface area contributed by atoms with E-state index >= 15 is 0 Å². The number of nitrogens with one attached hydrogen (secondary N) is 1. The summed E-state index contributed by atoms with van der Waals surface area (Å²) in [4.78, 5) is 31.4. The Morgan fingerprint density at radius 3 is 3.18 bits per heavy atom. The first-order valence-electron chi connectivity index (χ1n) is 4.95. The van der Waals surface area contributed by atoms with E-state index in [4.69, 9.17) is 0 Å². The van der Waals surface area contributed by atoms with E-state index in [1.165, 1.54) is 22.3 Å². The third kappa shape index (κ3) is 2.26. The number of nitrogens with zero attached hydrogens (tertiary/aromatic N) is 2. The van der Waals surface area contributed by atoms with Gasteiger partial charge in [-0.1, -0.05) is 6.58 Å². The molecule has 0 aliphatic rings. The number of likely N-dealkylation sites (N-methyl/N-ethyl adjacent to an activating group) is 1. The first-order valence-corrected chi connectivity index (χ1v) is 5.83. The summed E-state index contributed by atoms with van der Waals surface area (Å²) in [6, 6.07) is 1.79. The van der Waals surface area contributed by atoms with Crippen molar-refractivity contribution in [3.63, 3.8) is 0 Å². The van der Waals surface area contributed by atoms with Gasteiger partial charge in [-0.2, -0.15) is 0 Å². The number of carbonyl (C=O) groups excluding carboxylic acids is 1. The van der Waals surface area contributed by atoms with Crippen molar-refractivity contribution in [3.8, 4) is 0 Å². The van der Waals surface area contributed by atoms with E-state index in [-0.39, 0.29) is 18.0 Å². The molecule has 2 aromatic rings. The highest BCUT2D eigenvalue weighted by Crippen LogP contribution is 2.13. The lowest BCUT2D eigenvalue weighted by molar-refractivity contribution is -0.125. The van der Waals surface area contributed by atoms with Gasteiger partial charge >= 0.3 is 0 Å². The lowest BCUT2D eigenvalue weighted by Gasteiger charge is -2.13. The highest BCUT2D eigenvalue weighted by Gasteiger charge is 2.09. The van der Waals surface area contributed by atoms with E-state index in [0.29, 0.717) is 16.0 Å². The van der Waals surface area contributed by atoms with Crippen molar-refractivity contribution in [2.75, 3.05) is 7.05 Å². The minimum Gasteiger partial charge on any atom is -0.335 e. The lowest BCUT2D eigenvalue weighted by Crippen LogP contribution is -2.26. The van der Waals surface area contributed by atoms with Crippen molar-refractivity contribution >= 4 is 27.5 Å². The van der Waals surface area contributed by atoms with Crippen LogP contribution in [0.2, 0.25) is 0 Å². The average Bonchev–Trinajstić information content (AvgIpc) is 2.76. The molecule has 0 aromatic carbocycles. The van der Waals surface area contributed by atoms with Gasteiger partial charge in [-0.3, -0.25) is 9.59 Å². The van der Waals surface area contributed by atoms with Gasteiger partial charge in [-0.25, -0.2) is 4.98 Å². The maximum atomic E-state index is 11.7. The third-order valence-electron chi connectivity index (χ3n) is 2.30. The van der Waals surface area contributed by atoms with E-state index in [2.05, 4.69) is 16.5 Å². The van der Waals surface area contributed by atoms with Crippen LogP contribution in [0.5, 0.6) is 0 Å². The number of aromatic amines is 1. The Balaban J connectivity index is 2.33. The lowest BCUT2D eigenvalue weighted by atomic mass is 10.4. The van der Waals surface area contributed by atoms with Crippen LogP contribution in [-0.2, 0) is 11.3 Å². The van der Waals surface area contributed by atoms with Crippen molar-refractivity contribution in [1.29, 1.82) is 0 Å². The van der Waals surface area contributed by atoms with E-state index in [9.17, 15) is 9.59 Å². The molecule has 2 aromatic heterocycles. The van der Waals surface area contributed by atoms with Crippen LogP contribution in [0.1, 0.15) is 5.82 Å². The van der Waals surface area contributed by atoms with Crippen molar-refractivity contribution in [1.82, 2.24) is 14.9 Å². The number of carbonyl (C=O) groups is 1. The number of H-pyrrole nitrogens is 1. The van der Waals surface area contributed by atoms with Gasteiger partial charge in [0.1, 0.15) is 10.5 Å². The largest absolute Gasteiger partial charge is 0.335 e. The SMILES string of the molecule is C=CC(=O)N(C)Cc1nc2ccsc2c(=O)[nH]1. The minimum atomic E-state index is -0.210. The molecule has 0 atom stereocenters. The summed E-state index contributed by atoms with van der Waals surface area (Å²) in [6.07, 6.45) is 1.22. The second kappa shape index (κ2) is 4.50. The molecule has 6 heteroatoms. The summed E-state index contributed by atoms with van der Waals surface area (Å²) >= 11 is 1.35. The zero-order chi connectivity index (χ0) is 12.4. The van der Waals surface area contributed by atoms with Gasteiger partial charge in [-0.15, -0.1) is 11.3 Å². The Morgan fingerprint density at radius 2 is 2.47 bits per heavy atom. The molecule has 1 N–H and O–H groups in total. The first kappa shape index (κ1) is 11.5. The van der Waals surface area contributed by atoms with Crippen LogP contribution in [0.15, 0.2) is 28.9 Å². The van der Waals surface area contributed by atoms with Crippen LogP contribution >= 0.6 is 11.3 Å². The van der Waals surface area contributed by atoms with Crippen molar-refractivity contribution in [2.45, 2.75) is 6.54 Å². The van der Waals surface area contributed by atoms with Crippen LogP contribution < -0.4 is 5.56 Å². The highest BCUT2D eigenvalue weighted by atomic mass is 32.1. The average molecular weight is 249 g/mol. The molecule has 0 fully saturated rings. The molecule has 88 valence electrons. The molecule has 0 aliphatic carbocycles. The van der Waals surface area contributed by atoms with E-state index in [0.717, 1.165) is 0 Å². The summed E-state index contributed by atoms with van der Waals surface area (Å²) in [5, 5.41) is 1.81. The molecule has 0 bridgehead atoms. The number of fused-ring (bicyclic) bond motifs is 1. The standard InChI is InChI=1S/C11H11N3O2S/c1-3-9(15)14(2)6-8-12-7-4-5-17-10(7)11(16)13-8/h3-5H,1,6H2,2H3,(H,12,13,16). The number of amides is 1. The van der Waals surface area contributed by atoms with Crippen LogP contribution in [0.3, 0.4) is 0 Å². The maximum Gasteiger partial charge on any atom is 0.268 e. The van der Waals surface area contributed by atoms with Crippen molar-refractivity contribution in [3.05, 3.63) is 40.3 Å². The molecular formula is C11H11N3O2S. The predicted molar refractivity (Wildman–Crippen MR) is 66.9 cm³/mol. The van der Waals surface area contributed by atoms with Crippen molar-refractivity contribution < 1.29 is 4.79 Å². The monoisotopic (exact) mass is 249 g/mol. The number of hydrogen-bond acceptors (Lipinski definition) is 4. The maximum absolute atomic E-state index is 11.7. The van der Waals surface area contributed by atoms with E-state index in [1.807, 2.05) is 5.38 Å². The Kier molecular flexibility index (Phi) is 3.06. The summed E-state index contributed by atoms with van der Waals surface area (Å²) in [5.74, 6) is 0.261. The van der Waals surface area contributed by atoms with E-state index in [1.54, 1.807) is 13.1 Å². The quantitative estimate of drug-likeness (QED) is 0.829. The molecule has 2 rings (SSSR count). The predicted octanol–water partition coefficient (Wildman–Crippen LogP) is 1.13. The molecule has 17 heavy (non-hydrogen) atoms. The Morgan fingerprint density at radius 1 is 1.71 bits per heavy atom. The molecule has 2 heterocycles. The third-order valence-corrected chi connectivity index (χ3v) is 3.20. The van der Waals surface area contributed by atoms with Crippen molar-refractivity contribution in [2.24, 2.45) is 0 Å². The topological polar surface area (TPSA) is 66.1 Å². The Bertz CT molecular complexity index is 629. The Hall–Kier alpha value is -1.95. The molecule has 0 saturated heterocycles. The fraction of sp³-hybridized carbons (Fsp3) is 0.182. The summed E-state index contributed by atoms with van der Waals surface area (Å²) in [5.41, 5.74) is 0.493. The van der Waals surface area contributed by atoms with E-state index < -0.39 is 0 Å². The molecule has 0 aliphatic heterocycles. The second-order valence-corrected chi connectivity index (χ2v) is 4.46. The summed E-state index contributed by atoms with van der Waals surface area (Å²) < 4.78 is 0.603. The Labute approximate surface area is 101 Å². The van der Waals surface area contributed by atoms with Crippen LogP contribution in [0, 0.1) is 0 Å². The fourth-order valence-electron chi connectivity index (χ4n) is 1.45. The number of thiophene rings is 1. The molecule has 5 nitrogen and oxygen atoms in total. The zero-order valence-electron chi connectivity index (χ0n) is 9.27. The van der Waals surface area contributed by atoms with Gasteiger partial charge in [0.25, 0.3) is 5.56 Å². The first-order chi connectivity index (χ1) is 8.11. The highest BCUT2D eigenvalue weighted by molar-refractivity contribution is 7.17. The zero-order valence-corrected chi connectivity index (χ0v) is 10.1. The van der Waals surface area contributed by atoms with Gasteiger partial charge in [0.15, 0.2) is 0 Å². The number of aromatic nitrogens is 2. The minimum absolute atomic E-state index is 0.167. The molecule has 1 amide bonds. The molecule has 0 radical (unpaired) electrons. The van der Waals surface area contributed by atoms with Gasteiger partial charge < -0.3 is 9.88 Å². The smallest absolute Gasteiger partial charge is 0.268 e. The van der Waals surface area contributed by atoms with Gasteiger partial charge in [0.05, 0.1) is 12.1 Å². The number of hydrogen-bond donors (Lipinski definition) is 1. The summed E-state index contributed by atoms with van der Waals surface area (Å²) in [6.45, 7) is 3.66. The van der Waals surface area contributed by atoms with Crippen LogP contribution in [0.25, 0.3) is 10.2 Å². The fourth-order valence-corrected chi connectivity index (χ4v) is 2.18. The molecule has 0 spiro atoms. The molecule has 0 unspecified atom stereocenters. The normalized spacial score (nSPS) is 10.4. The van der Waals surface area contributed by atoms with Gasteiger partial charge in [0, 0.05) is 7.05 Å². The van der Waals surface area contributed by atoms with Crippen LogP contribution in [-0.4, -0.2) is 27.8 Å². The molecular weight excluding hydrogens is 238 g/mol. The van der Waals surface area contributed by atoms with Crippen LogP contribution in [0.4, 0.5) is 0 Å². The molecule has 0 saturated carbocycles. The van der Waals surface area contributed by atoms with Gasteiger partial charge in [-0.05, 0) is 17.5 Å². The van der Waals surface area contributed by atoms with Gasteiger partial charge in [0.2, 0.25) is 5.91 Å². The number of rotatable bonds is 3.